The number of furan rings is 1. The molecule has 3 rings (SSSR count). The van der Waals surface area contributed by atoms with Gasteiger partial charge in [-0.15, -0.1) is 0 Å². The van der Waals surface area contributed by atoms with Crippen LogP contribution in [0.3, 0.4) is 0 Å². The molecule has 7 heteroatoms. The van der Waals surface area contributed by atoms with Crippen LogP contribution in [0, 0.1) is 0 Å². The van der Waals surface area contributed by atoms with Crippen LogP contribution in [0.2, 0.25) is 0 Å². The molecule has 5 nitrogen and oxygen atoms in total. The molecule has 1 aliphatic heterocycles. The van der Waals surface area contributed by atoms with Gasteiger partial charge in [0.05, 0.1) is 6.26 Å². The van der Waals surface area contributed by atoms with Crippen molar-refractivity contribution in [1.82, 2.24) is 0 Å². The van der Waals surface area contributed by atoms with E-state index in [0.29, 0.717) is 21.3 Å². The van der Waals surface area contributed by atoms with Crippen molar-refractivity contribution in [3.8, 4) is 0 Å². The van der Waals surface area contributed by atoms with Crippen molar-refractivity contribution in [2.75, 3.05) is 5.32 Å². The highest BCUT2D eigenvalue weighted by Crippen LogP contribution is 2.32. The number of esters is 1. The van der Waals surface area contributed by atoms with Crippen LogP contribution in [0.5, 0.6) is 0 Å². The van der Waals surface area contributed by atoms with Crippen LogP contribution >= 0.6 is 31.9 Å². The summed E-state index contributed by atoms with van der Waals surface area (Å²) in [4.78, 5) is 23.3. The van der Waals surface area contributed by atoms with Crippen LogP contribution in [-0.4, -0.2) is 11.9 Å². The topological polar surface area (TPSA) is 68.5 Å². The highest BCUT2D eigenvalue weighted by molar-refractivity contribution is 9.28. The molecule has 2 aromatic rings. The fraction of sp³-hybridized carbons (Fsp3) is 0.0588. The maximum absolute atomic E-state index is 11.9. The molecule has 0 atom stereocenters. The van der Waals surface area contributed by atoms with Gasteiger partial charge in [-0.05, 0) is 61.7 Å². The number of carbonyl (C=O) groups is 2. The predicted molar refractivity (Wildman–Crippen MR) is 95.9 cm³/mol. The summed E-state index contributed by atoms with van der Waals surface area (Å²) in [5, 5.41) is 2.75. The molecule has 0 saturated heterocycles. The normalized spacial score (nSPS) is 13.5. The lowest BCUT2D eigenvalue weighted by molar-refractivity contribution is -0.132. The molecule has 122 valence electrons. The molecule has 0 unspecified atom stereocenters. The average Bonchev–Trinajstić information content (AvgIpc) is 3.19. The van der Waals surface area contributed by atoms with Gasteiger partial charge in [-0.3, -0.25) is 4.79 Å². The van der Waals surface area contributed by atoms with Gasteiger partial charge >= 0.3 is 5.97 Å². The third kappa shape index (κ3) is 3.85. The van der Waals surface area contributed by atoms with E-state index in [1.807, 2.05) is 12.1 Å². The first kappa shape index (κ1) is 16.7. The molecule has 2 heterocycles. The van der Waals surface area contributed by atoms with E-state index < -0.39 is 5.97 Å². The standard InChI is InChI=1S/C17H11Br2NO4/c18-16(19)15-11(9-14(21)24-15)8-10-3-5-12(6-4-10)20-17(22)13-2-1-7-23-13/h1-7,9H,8H2,(H,20,22). The lowest BCUT2D eigenvalue weighted by Crippen LogP contribution is -2.10. The van der Waals surface area contributed by atoms with Crippen LogP contribution in [0.15, 0.2) is 67.9 Å². The van der Waals surface area contributed by atoms with Gasteiger partial charge in [0.2, 0.25) is 0 Å². The molecule has 1 aromatic heterocycles. The van der Waals surface area contributed by atoms with E-state index in [2.05, 4.69) is 37.2 Å². The Balaban J connectivity index is 1.69. The third-order valence-electron chi connectivity index (χ3n) is 3.31. The van der Waals surface area contributed by atoms with Crippen LogP contribution < -0.4 is 5.32 Å². The Morgan fingerprint density at radius 3 is 2.50 bits per heavy atom. The molecular formula is C17H11Br2NO4. The van der Waals surface area contributed by atoms with E-state index in [0.717, 1.165) is 11.1 Å². The van der Waals surface area contributed by atoms with Crippen LogP contribution in [0.25, 0.3) is 0 Å². The molecule has 0 radical (unpaired) electrons. The molecule has 1 amide bonds. The van der Waals surface area contributed by atoms with Gasteiger partial charge in [0.15, 0.2) is 11.5 Å². The van der Waals surface area contributed by atoms with E-state index in [4.69, 9.17) is 9.15 Å². The Morgan fingerprint density at radius 2 is 1.88 bits per heavy atom. The van der Waals surface area contributed by atoms with Crippen molar-refractivity contribution in [2.24, 2.45) is 0 Å². The number of halogens is 2. The largest absolute Gasteiger partial charge is 0.459 e. The third-order valence-corrected chi connectivity index (χ3v) is 4.03. The number of anilines is 1. The Morgan fingerprint density at radius 1 is 1.12 bits per heavy atom. The SMILES string of the molecule is O=C1C=C(Cc2ccc(NC(=O)c3ccco3)cc2)C(=C(Br)Br)O1. The summed E-state index contributed by atoms with van der Waals surface area (Å²) in [6.45, 7) is 0. The summed E-state index contributed by atoms with van der Waals surface area (Å²) in [7, 11) is 0. The second kappa shape index (κ2) is 7.19. The fourth-order valence-corrected chi connectivity index (χ4v) is 2.89. The minimum atomic E-state index is -0.390. The Hall–Kier alpha value is -2.12. The quantitative estimate of drug-likeness (QED) is 0.692. The molecule has 24 heavy (non-hydrogen) atoms. The Bertz CT molecular complexity index is 832. The lowest BCUT2D eigenvalue weighted by atomic mass is 10.0. The summed E-state index contributed by atoms with van der Waals surface area (Å²) in [6.07, 6.45) is 3.45. The molecule has 0 bridgehead atoms. The van der Waals surface area contributed by atoms with Crippen molar-refractivity contribution in [1.29, 1.82) is 0 Å². The molecule has 0 saturated carbocycles. The van der Waals surface area contributed by atoms with E-state index in [1.54, 1.807) is 24.3 Å². The van der Waals surface area contributed by atoms with Gasteiger partial charge in [-0.1, -0.05) is 12.1 Å². The second-order valence-electron chi connectivity index (χ2n) is 4.99. The first-order valence-corrected chi connectivity index (χ1v) is 8.53. The first-order chi connectivity index (χ1) is 11.5. The van der Waals surface area contributed by atoms with E-state index in [9.17, 15) is 9.59 Å². The van der Waals surface area contributed by atoms with Crippen molar-refractivity contribution in [3.05, 3.63) is 74.8 Å². The number of rotatable bonds is 4. The number of nitrogens with one attached hydrogen (secondary N) is 1. The number of hydrogen-bond acceptors (Lipinski definition) is 4. The number of amides is 1. The highest BCUT2D eigenvalue weighted by Gasteiger charge is 2.22. The minimum absolute atomic E-state index is 0.253. The van der Waals surface area contributed by atoms with E-state index in [1.165, 1.54) is 12.3 Å². The average molecular weight is 453 g/mol. The molecule has 0 aliphatic carbocycles. The van der Waals surface area contributed by atoms with Gasteiger partial charge in [0.1, 0.15) is 3.39 Å². The molecule has 0 fully saturated rings. The van der Waals surface area contributed by atoms with Gasteiger partial charge in [0.25, 0.3) is 5.91 Å². The molecule has 1 aliphatic rings. The van der Waals surface area contributed by atoms with Gasteiger partial charge < -0.3 is 14.5 Å². The zero-order chi connectivity index (χ0) is 17.1. The Kier molecular flexibility index (Phi) is 5.01. The zero-order valence-corrected chi connectivity index (χ0v) is 15.4. The lowest BCUT2D eigenvalue weighted by Gasteiger charge is -2.07. The number of carbonyl (C=O) groups excluding carboxylic acids is 2. The fourth-order valence-electron chi connectivity index (χ4n) is 2.22. The van der Waals surface area contributed by atoms with Crippen molar-refractivity contribution < 1.29 is 18.7 Å². The monoisotopic (exact) mass is 451 g/mol. The maximum Gasteiger partial charge on any atom is 0.336 e. The summed E-state index contributed by atoms with van der Waals surface area (Å²) in [6, 6.07) is 10.6. The molecule has 0 spiro atoms. The van der Waals surface area contributed by atoms with Gasteiger partial charge in [0, 0.05) is 23.8 Å². The summed E-state index contributed by atoms with van der Waals surface area (Å²) in [5.41, 5.74) is 2.41. The number of benzene rings is 1. The van der Waals surface area contributed by atoms with Crippen molar-refractivity contribution in [2.45, 2.75) is 6.42 Å². The summed E-state index contributed by atoms with van der Waals surface area (Å²) >= 11 is 6.52. The van der Waals surface area contributed by atoms with E-state index >= 15 is 0 Å². The van der Waals surface area contributed by atoms with Crippen molar-refractivity contribution in [3.63, 3.8) is 0 Å². The predicted octanol–water partition coefficient (Wildman–Crippen LogP) is 4.52. The zero-order valence-electron chi connectivity index (χ0n) is 12.2. The second-order valence-corrected chi connectivity index (χ2v) is 7.64. The van der Waals surface area contributed by atoms with Crippen LogP contribution in [-0.2, 0) is 16.0 Å². The highest BCUT2D eigenvalue weighted by atomic mass is 79.9. The number of ether oxygens (including phenoxy) is 1. The van der Waals surface area contributed by atoms with Crippen LogP contribution in [0.1, 0.15) is 16.1 Å². The van der Waals surface area contributed by atoms with Crippen molar-refractivity contribution >= 4 is 49.4 Å². The number of hydrogen-bond donors (Lipinski definition) is 1. The Labute approximate surface area is 154 Å². The maximum atomic E-state index is 11.9. The van der Waals surface area contributed by atoms with Gasteiger partial charge in [-0.2, -0.15) is 0 Å². The summed E-state index contributed by atoms with van der Waals surface area (Å²) in [5.74, 6) is 0.0374. The molecule has 1 aromatic carbocycles. The van der Waals surface area contributed by atoms with E-state index in [-0.39, 0.29) is 11.7 Å². The smallest absolute Gasteiger partial charge is 0.336 e. The number of cyclic esters (lactones) is 1. The molecular weight excluding hydrogens is 442 g/mol. The molecule has 1 N–H and O–H groups in total. The van der Waals surface area contributed by atoms with Crippen LogP contribution in [0.4, 0.5) is 5.69 Å². The first-order valence-electron chi connectivity index (χ1n) is 6.95. The summed E-state index contributed by atoms with van der Waals surface area (Å²) < 4.78 is 10.7. The number of allylic oxidation sites excluding steroid dienone is 1. The van der Waals surface area contributed by atoms with Gasteiger partial charge in [-0.25, -0.2) is 4.79 Å². The minimum Gasteiger partial charge on any atom is -0.459 e.